The number of hydrogen-bond acceptors (Lipinski definition) is 5. The summed E-state index contributed by atoms with van der Waals surface area (Å²) in [6.45, 7) is 10.3. The van der Waals surface area contributed by atoms with E-state index in [0.29, 0.717) is 0 Å². The van der Waals surface area contributed by atoms with Crippen molar-refractivity contribution in [2.24, 2.45) is 5.92 Å². The standard InChI is InChI=1S/C23H33N5/c1-18-19(2)25-22(21-9-5-6-12-24-21)26-23(18)28-15-10-20(11-16-28)17-27-13-7-3-4-8-14-27/h5-6,9,12,20H,3-4,7-8,10-11,13-17H2,1-2H3. The predicted molar refractivity (Wildman–Crippen MR) is 115 cm³/mol. The summed E-state index contributed by atoms with van der Waals surface area (Å²) in [5, 5.41) is 0. The minimum absolute atomic E-state index is 0.741. The summed E-state index contributed by atoms with van der Waals surface area (Å²) in [6.07, 6.45) is 9.93. The Bertz CT molecular complexity index is 760. The maximum Gasteiger partial charge on any atom is 0.180 e. The van der Waals surface area contributed by atoms with Crippen LogP contribution in [0, 0.1) is 19.8 Å². The van der Waals surface area contributed by atoms with Crippen LogP contribution in [0.2, 0.25) is 0 Å². The largest absolute Gasteiger partial charge is 0.356 e. The van der Waals surface area contributed by atoms with Gasteiger partial charge < -0.3 is 9.80 Å². The zero-order valence-corrected chi connectivity index (χ0v) is 17.4. The number of likely N-dealkylation sites (tertiary alicyclic amines) is 1. The normalized spacial score (nSPS) is 19.6. The summed E-state index contributed by atoms with van der Waals surface area (Å²) in [5.41, 5.74) is 3.10. The Morgan fingerprint density at radius 1 is 0.929 bits per heavy atom. The summed E-state index contributed by atoms with van der Waals surface area (Å²) in [5.74, 6) is 2.67. The van der Waals surface area contributed by atoms with Gasteiger partial charge in [-0.15, -0.1) is 0 Å². The number of rotatable bonds is 4. The molecular weight excluding hydrogens is 346 g/mol. The van der Waals surface area contributed by atoms with E-state index in [1.54, 1.807) is 0 Å². The Hall–Kier alpha value is -2.01. The van der Waals surface area contributed by atoms with Gasteiger partial charge in [0.1, 0.15) is 11.5 Å². The van der Waals surface area contributed by atoms with Crippen molar-refractivity contribution in [3.8, 4) is 11.5 Å². The molecule has 0 aromatic carbocycles. The molecule has 4 heterocycles. The van der Waals surface area contributed by atoms with Gasteiger partial charge in [0.15, 0.2) is 5.82 Å². The highest BCUT2D eigenvalue weighted by atomic mass is 15.2. The van der Waals surface area contributed by atoms with Crippen molar-refractivity contribution < 1.29 is 0 Å². The number of pyridine rings is 1. The Labute approximate surface area is 169 Å². The van der Waals surface area contributed by atoms with E-state index >= 15 is 0 Å². The fraction of sp³-hybridized carbons (Fsp3) is 0.609. The van der Waals surface area contributed by atoms with Gasteiger partial charge in [-0.25, -0.2) is 9.97 Å². The van der Waals surface area contributed by atoms with E-state index in [1.807, 2.05) is 24.4 Å². The summed E-state index contributed by atoms with van der Waals surface area (Å²) < 4.78 is 0. The van der Waals surface area contributed by atoms with Crippen LogP contribution < -0.4 is 4.90 Å². The third kappa shape index (κ3) is 4.52. The lowest BCUT2D eigenvalue weighted by Gasteiger charge is -2.36. The average Bonchev–Trinajstić information content (AvgIpc) is 3.00. The van der Waals surface area contributed by atoms with Crippen LogP contribution in [0.4, 0.5) is 5.82 Å². The molecule has 0 radical (unpaired) electrons. The quantitative estimate of drug-likeness (QED) is 0.795. The molecule has 0 saturated carbocycles. The van der Waals surface area contributed by atoms with Crippen LogP contribution in [0.25, 0.3) is 11.5 Å². The summed E-state index contributed by atoms with van der Waals surface area (Å²) in [6, 6.07) is 5.91. The molecule has 2 aromatic rings. The maximum atomic E-state index is 4.92. The summed E-state index contributed by atoms with van der Waals surface area (Å²) in [4.78, 5) is 19.2. The Kier molecular flexibility index (Phi) is 6.20. The van der Waals surface area contributed by atoms with E-state index < -0.39 is 0 Å². The van der Waals surface area contributed by atoms with Gasteiger partial charge in [0.2, 0.25) is 0 Å². The van der Waals surface area contributed by atoms with Crippen molar-refractivity contribution >= 4 is 5.82 Å². The van der Waals surface area contributed by atoms with E-state index in [-0.39, 0.29) is 0 Å². The third-order valence-electron chi connectivity index (χ3n) is 6.39. The van der Waals surface area contributed by atoms with E-state index in [4.69, 9.17) is 9.97 Å². The van der Waals surface area contributed by atoms with E-state index in [1.165, 1.54) is 63.7 Å². The first kappa shape index (κ1) is 19.3. The molecule has 0 aliphatic carbocycles. The van der Waals surface area contributed by atoms with Gasteiger partial charge >= 0.3 is 0 Å². The lowest BCUT2D eigenvalue weighted by molar-refractivity contribution is 0.217. The molecule has 0 amide bonds. The maximum absolute atomic E-state index is 4.92. The number of anilines is 1. The first-order valence-electron chi connectivity index (χ1n) is 10.9. The van der Waals surface area contributed by atoms with Crippen molar-refractivity contribution in [3.05, 3.63) is 35.7 Å². The van der Waals surface area contributed by atoms with Crippen molar-refractivity contribution in [2.75, 3.05) is 37.6 Å². The molecule has 2 aliphatic heterocycles. The number of nitrogens with zero attached hydrogens (tertiary/aromatic N) is 5. The summed E-state index contributed by atoms with van der Waals surface area (Å²) >= 11 is 0. The predicted octanol–water partition coefficient (Wildman–Crippen LogP) is 4.25. The Morgan fingerprint density at radius 2 is 1.68 bits per heavy atom. The van der Waals surface area contributed by atoms with Crippen LogP contribution in [0.1, 0.15) is 49.8 Å². The van der Waals surface area contributed by atoms with E-state index in [2.05, 4.69) is 28.6 Å². The Balaban J connectivity index is 1.43. The van der Waals surface area contributed by atoms with Crippen molar-refractivity contribution in [2.45, 2.75) is 52.4 Å². The van der Waals surface area contributed by atoms with Crippen LogP contribution >= 0.6 is 0 Å². The molecule has 0 spiro atoms. The molecule has 0 atom stereocenters. The Morgan fingerprint density at radius 3 is 2.36 bits per heavy atom. The summed E-state index contributed by atoms with van der Waals surface area (Å²) in [7, 11) is 0. The number of aryl methyl sites for hydroxylation is 1. The molecule has 2 aliphatic rings. The first-order valence-corrected chi connectivity index (χ1v) is 10.9. The smallest absolute Gasteiger partial charge is 0.180 e. The average molecular weight is 380 g/mol. The van der Waals surface area contributed by atoms with Gasteiger partial charge in [0, 0.05) is 37.1 Å². The molecule has 28 heavy (non-hydrogen) atoms. The van der Waals surface area contributed by atoms with Crippen LogP contribution in [-0.4, -0.2) is 52.6 Å². The molecule has 5 heteroatoms. The second-order valence-electron chi connectivity index (χ2n) is 8.44. The zero-order chi connectivity index (χ0) is 19.3. The van der Waals surface area contributed by atoms with Crippen molar-refractivity contribution in [1.29, 1.82) is 0 Å². The van der Waals surface area contributed by atoms with Crippen LogP contribution in [0.3, 0.4) is 0 Å². The lowest BCUT2D eigenvalue weighted by atomic mass is 9.95. The lowest BCUT2D eigenvalue weighted by Crippen LogP contribution is -2.39. The fourth-order valence-corrected chi connectivity index (χ4v) is 4.54. The van der Waals surface area contributed by atoms with Crippen LogP contribution in [0.15, 0.2) is 24.4 Å². The van der Waals surface area contributed by atoms with Crippen LogP contribution in [0.5, 0.6) is 0 Å². The highest BCUT2D eigenvalue weighted by Gasteiger charge is 2.24. The van der Waals surface area contributed by atoms with Gasteiger partial charge in [0.25, 0.3) is 0 Å². The molecule has 0 unspecified atom stereocenters. The van der Waals surface area contributed by atoms with Crippen molar-refractivity contribution in [1.82, 2.24) is 19.9 Å². The molecule has 0 bridgehead atoms. The van der Waals surface area contributed by atoms with Gasteiger partial charge in [-0.1, -0.05) is 18.9 Å². The zero-order valence-electron chi connectivity index (χ0n) is 17.4. The molecule has 2 aromatic heterocycles. The van der Waals surface area contributed by atoms with Gasteiger partial charge in [0.05, 0.1) is 0 Å². The van der Waals surface area contributed by atoms with E-state index in [9.17, 15) is 0 Å². The SMILES string of the molecule is Cc1nc(-c2ccccn2)nc(N2CCC(CN3CCCCCC3)CC2)c1C. The second kappa shape index (κ2) is 8.99. The molecule has 0 N–H and O–H groups in total. The number of piperidine rings is 1. The minimum Gasteiger partial charge on any atom is -0.356 e. The highest BCUT2D eigenvalue weighted by molar-refractivity contribution is 5.57. The number of hydrogen-bond donors (Lipinski definition) is 0. The molecule has 2 saturated heterocycles. The second-order valence-corrected chi connectivity index (χ2v) is 8.44. The topological polar surface area (TPSA) is 45.2 Å². The minimum atomic E-state index is 0.741. The molecule has 4 rings (SSSR count). The van der Waals surface area contributed by atoms with Gasteiger partial charge in [-0.05, 0) is 70.7 Å². The fourth-order valence-electron chi connectivity index (χ4n) is 4.54. The monoisotopic (exact) mass is 379 g/mol. The highest BCUT2D eigenvalue weighted by Crippen LogP contribution is 2.28. The molecule has 2 fully saturated rings. The van der Waals surface area contributed by atoms with Gasteiger partial charge in [-0.2, -0.15) is 0 Å². The third-order valence-corrected chi connectivity index (χ3v) is 6.39. The van der Waals surface area contributed by atoms with Gasteiger partial charge in [-0.3, -0.25) is 4.98 Å². The van der Waals surface area contributed by atoms with E-state index in [0.717, 1.165) is 42.0 Å². The molecule has 150 valence electrons. The molecular formula is C23H33N5. The number of aromatic nitrogens is 3. The van der Waals surface area contributed by atoms with Crippen LogP contribution in [-0.2, 0) is 0 Å². The van der Waals surface area contributed by atoms with Crippen molar-refractivity contribution in [3.63, 3.8) is 0 Å². The first-order chi connectivity index (χ1) is 13.7. The molecule has 5 nitrogen and oxygen atoms in total.